The van der Waals surface area contributed by atoms with Gasteiger partial charge in [-0.15, -0.1) is 0 Å². The quantitative estimate of drug-likeness (QED) is 0.857. The molecule has 0 bridgehead atoms. The van der Waals surface area contributed by atoms with Crippen LogP contribution in [-0.2, 0) is 9.59 Å². The fraction of sp³-hybridized carbons (Fsp3) is 0.333. The van der Waals surface area contributed by atoms with Crippen LogP contribution in [0.4, 0.5) is 0 Å². The van der Waals surface area contributed by atoms with Gasteiger partial charge < -0.3 is 15.0 Å². The Morgan fingerprint density at radius 2 is 2.04 bits per heavy atom. The van der Waals surface area contributed by atoms with E-state index in [-0.39, 0.29) is 17.7 Å². The molecule has 1 fully saturated rings. The maximum absolute atomic E-state index is 12.0. The van der Waals surface area contributed by atoms with E-state index in [0.29, 0.717) is 26.1 Å². The van der Waals surface area contributed by atoms with Crippen LogP contribution in [0, 0.1) is 5.92 Å². The van der Waals surface area contributed by atoms with Gasteiger partial charge in [0.05, 0.1) is 12.5 Å². The number of nitrogens with one attached hydrogen (secondary N) is 1. The van der Waals surface area contributed by atoms with Crippen LogP contribution in [0.25, 0.3) is 10.8 Å². The van der Waals surface area contributed by atoms with Gasteiger partial charge in [-0.1, -0.05) is 30.3 Å². The van der Waals surface area contributed by atoms with Gasteiger partial charge in [-0.3, -0.25) is 9.59 Å². The molecule has 0 aromatic heterocycles. The summed E-state index contributed by atoms with van der Waals surface area (Å²) >= 11 is 0. The zero-order chi connectivity index (χ0) is 16.2. The van der Waals surface area contributed by atoms with Crippen molar-refractivity contribution in [3.8, 4) is 5.75 Å². The molecule has 1 saturated heterocycles. The second kappa shape index (κ2) is 6.69. The summed E-state index contributed by atoms with van der Waals surface area (Å²) in [5.74, 6) is 0.490. The van der Waals surface area contributed by atoms with Crippen molar-refractivity contribution < 1.29 is 14.3 Å². The summed E-state index contributed by atoms with van der Waals surface area (Å²) in [7, 11) is 1.72. The first-order valence-corrected chi connectivity index (χ1v) is 7.77. The fourth-order valence-corrected chi connectivity index (χ4v) is 2.78. The third kappa shape index (κ3) is 3.62. The normalized spacial score (nSPS) is 17.5. The first-order chi connectivity index (χ1) is 11.1. The van der Waals surface area contributed by atoms with Crippen molar-refractivity contribution in [3.63, 3.8) is 0 Å². The summed E-state index contributed by atoms with van der Waals surface area (Å²) in [6.07, 6.45) is 0.299. The lowest BCUT2D eigenvalue weighted by Crippen LogP contribution is -2.34. The van der Waals surface area contributed by atoms with Crippen molar-refractivity contribution in [1.29, 1.82) is 0 Å². The Kier molecular flexibility index (Phi) is 4.46. The molecular weight excluding hydrogens is 292 g/mol. The molecule has 5 nitrogen and oxygen atoms in total. The Balaban J connectivity index is 1.45. The highest BCUT2D eigenvalue weighted by Crippen LogP contribution is 2.20. The lowest BCUT2D eigenvalue weighted by atomic mass is 10.1. The standard InChI is InChI=1S/C18H20N2O3/c1-20-12-15(11-17(20)21)18(22)19-8-9-23-16-7-6-13-4-2-3-5-14(13)10-16/h2-7,10,15H,8-9,11-12H2,1H3,(H,19,22). The van der Waals surface area contributed by atoms with Crippen molar-refractivity contribution >= 4 is 22.6 Å². The third-order valence-electron chi connectivity index (χ3n) is 4.10. The molecule has 2 aromatic rings. The number of fused-ring (bicyclic) bond motifs is 1. The average Bonchev–Trinajstić information content (AvgIpc) is 2.90. The van der Waals surface area contributed by atoms with Crippen molar-refractivity contribution in [2.45, 2.75) is 6.42 Å². The average molecular weight is 312 g/mol. The van der Waals surface area contributed by atoms with Gasteiger partial charge in [0.2, 0.25) is 11.8 Å². The second-order valence-corrected chi connectivity index (χ2v) is 5.82. The monoisotopic (exact) mass is 312 g/mol. The number of ether oxygens (including phenoxy) is 1. The highest BCUT2D eigenvalue weighted by atomic mass is 16.5. The number of hydrogen-bond acceptors (Lipinski definition) is 3. The van der Waals surface area contributed by atoms with Crippen molar-refractivity contribution in [3.05, 3.63) is 42.5 Å². The van der Waals surface area contributed by atoms with Gasteiger partial charge in [0.1, 0.15) is 12.4 Å². The Hall–Kier alpha value is -2.56. The molecular formula is C18H20N2O3. The van der Waals surface area contributed by atoms with Crippen LogP contribution >= 0.6 is 0 Å². The molecule has 1 heterocycles. The predicted molar refractivity (Wildman–Crippen MR) is 88.2 cm³/mol. The first-order valence-electron chi connectivity index (χ1n) is 7.77. The number of carbonyl (C=O) groups is 2. The van der Waals surface area contributed by atoms with E-state index in [2.05, 4.69) is 11.4 Å². The number of hydrogen-bond donors (Lipinski definition) is 1. The lowest BCUT2D eigenvalue weighted by molar-refractivity contribution is -0.128. The van der Waals surface area contributed by atoms with Crippen LogP contribution in [0.2, 0.25) is 0 Å². The SMILES string of the molecule is CN1CC(C(=O)NCCOc2ccc3ccccc3c2)CC1=O. The minimum atomic E-state index is -0.242. The van der Waals surface area contributed by atoms with Gasteiger partial charge in [-0.25, -0.2) is 0 Å². The number of likely N-dealkylation sites (tertiary alicyclic amines) is 1. The molecule has 2 amide bonds. The fourth-order valence-electron chi connectivity index (χ4n) is 2.78. The van der Waals surface area contributed by atoms with Crippen LogP contribution in [0.15, 0.2) is 42.5 Å². The molecule has 1 aliphatic rings. The highest BCUT2D eigenvalue weighted by Gasteiger charge is 2.31. The largest absolute Gasteiger partial charge is 0.492 e. The van der Waals surface area contributed by atoms with Crippen molar-refractivity contribution in [2.24, 2.45) is 5.92 Å². The lowest BCUT2D eigenvalue weighted by Gasteiger charge is -2.12. The summed E-state index contributed by atoms with van der Waals surface area (Å²) in [6.45, 7) is 1.33. The number of amides is 2. The smallest absolute Gasteiger partial charge is 0.225 e. The number of rotatable bonds is 5. The van der Waals surface area contributed by atoms with E-state index in [0.717, 1.165) is 11.1 Å². The minimum absolute atomic E-state index is 0.0255. The van der Waals surface area contributed by atoms with E-state index in [9.17, 15) is 9.59 Å². The topological polar surface area (TPSA) is 58.6 Å². The van der Waals surface area contributed by atoms with Crippen molar-refractivity contribution in [2.75, 3.05) is 26.7 Å². The van der Waals surface area contributed by atoms with Gasteiger partial charge >= 0.3 is 0 Å². The summed E-state index contributed by atoms with van der Waals surface area (Å²) in [4.78, 5) is 25.0. The van der Waals surface area contributed by atoms with Crippen molar-refractivity contribution in [1.82, 2.24) is 10.2 Å². The molecule has 1 aliphatic heterocycles. The van der Waals surface area contributed by atoms with Gasteiger partial charge in [-0.05, 0) is 22.9 Å². The molecule has 3 rings (SSSR count). The van der Waals surface area contributed by atoms with Crippen LogP contribution in [0.5, 0.6) is 5.75 Å². The van der Waals surface area contributed by atoms with Crippen LogP contribution in [0.3, 0.4) is 0 Å². The molecule has 5 heteroatoms. The molecule has 120 valence electrons. The number of nitrogens with zero attached hydrogens (tertiary/aromatic N) is 1. The van der Waals surface area contributed by atoms with E-state index in [1.165, 1.54) is 5.39 Å². The zero-order valence-corrected chi connectivity index (χ0v) is 13.1. The third-order valence-corrected chi connectivity index (χ3v) is 4.10. The molecule has 0 spiro atoms. The first kappa shape index (κ1) is 15.3. The van der Waals surface area contributed by atoms with E-state index >= 15 is 0 Å². The molecule has 1 unspecified atom stereocenters. The predicted octanol–water partition coefficient (Wildman–Crippen LogP) is 1.81. The summed E-state index contributed by atoms with van der Waals surface area (Å²) in [5.41, 5.74) is 0. The zero-order valence-electron chi connectivity index (χ0n) is 13.1. The van der Waals surface area contributed by atoms with E-state index < -0.39 is 0 Å². The Labute approximate surface area is 135 Å². The molecule has 0 radical (unpaired) electrons. The van der Waals surface area contributed by atoms with Crippen LogP contribution in [-0.4, -0.2) is 43.5 Å². The Morgan fingerprint density at radius 3 is 2.78 bits per heavy atom. The molecule has 2 aromatic carbocycles. The van der Waals surface area contributed by atoms with Gasteiger partial charge in [-0.2, -0.15) is 0 Å². The van der Waals surface area contributed by atoms with E-state index in [4.69, 9.17) is 4.74 Å². The van der Waals surface area contributed by atoms with Crippen LogP contribution < -0.4 is 10.1 Å². The molecule has 1 atom stereocenters. The molecule has 0 saturated carbocycles. The summed E-state index contributed by atoms with van der Waals surface area (Å²) in [6, 6.07) is 14.0. The van der Waals surface area contributed by atoms with Gasteiger partial charge in [0.25, 0.3) is 0 Å². The van der Waals surface area contributed by atoms with Crippen LogP contribution in [0.1, 0.15) is 6.42 Å². The number of carbonyl (C=O) groups excluding carboxylic acids is 2. The summed E-state index contributed by atoms with van der Waals surface area (Å²) < 4.78 is 5.68. The highest BCUT2D eigenvalue weighted by molar-refractivity contribution is 5.89. The van der Waals surface area contributed by atoms with Gasteiger partial charge in [0.15, 0.2) is 0 Å². The van der Waals surface area contributed by atoms with Gasteiger partial charge in [0, 0.05) is 20.0 Å². The maximum Gasteiger partial charge on any atom is 0.225 e. The molecule has 0 aliphatic carbocycles. The molecule has 23 heavy (non-hydrogen) atoms. The minimum Gasteiger partial charge on any atom is -0.492 e. The molecule has 1 N–H and O–H groups in total. The second-order valence-electron chi connectivity index (χ2n) is 5.82. The maximum atomic E-state index is 12.0. The van der Waals surface area contributed by atoms with E-state index in [1.807, 2.05) is 36.4 Å². The van der Waals surface area contributed by atoms with E-state index in [1.54, 1.807) is 11.9 Å². The Morgan fingerprint density at radius 1 is 1.26 bits per heavy atom. The Bertz CT molecular complexity index is 729. The number of benzene rings is 2. The summed E-state index contributed by atoms with van der Waals surface area (Å²) in [5, 5.41) is 5.13.